The second-order valence-corrected chi connectivity index (χ2v) is 5.30. The number of pyridine rings is 1. The molecule has 1 unspecified atom stereocenters. The van der Waals surface area contributed by atoms with Crippen LogP contribution in [0.15, 0.2) is 67.0 Å². The van der Waals surface area contributed by atoms with E-state index >= 15 is 0 Å². The smallest absolute Gasteiger partial charge is 0.231 e. The number of hydrogen-bond acceptors (Lipinski definition) is 2. The molecule has 0 saturated heterocycles. The van der Waals surface area contributed by atoms with E-state index in [9.17, 15) is 4.79 Å². The summed E-state index contributed by atoms with van der Waals surface area (Å²) in [6, 6.07) is 17.7. The van der Waals surface area contributed by atoms with E-state index in [-0.39, 0.29) is 11.8 Å². The Kier molecular flexibility index (Phi) is 4.15. The standard InChI is InChI=1S/C19H18N2O/c1-2-18(14-6-4-3-5-7-14)19(22)21-17-9-8-16-13-20-11-10-15(16)12-17/h3-13,18H,2H2,1H3,(H,21,22). The fraction of sp³-hybridized carbons (Fsp3) is 0.158. The van der Waals surface area contributed by atoms with E-state index in [0.29, 0.717) is 0 Å². The predicted molar refractivity (Wildman–Crippen MR) is 89.8 cm³/mol. The molecule has 2 aromatic carbocycles. The highest BCUT2D eigenvalue weighted by Gasteiger charge is 2.18. The van der Waals surface area contributed by atoms with Gasteiger partial charge in [0.25, 0.3) is 0 Å². The molecule has 0 aliphatic carbocycles. The van der Waals surface area contributed by atoms with Crippen LogP contribution in [-0.4, -0.2) is 10.9 Å². The lowest BCUT2D eigenvalue weighted by Gasteiger charge is -2.15. The largest absolute Gasteiger partial charge is 0.326 e. The van der Waals surface area contributed by atoms with Crippen molar-refractivity contribution in [2.75, 3.05) is 5.32 Å². The first-order chi connectivity index (χ1) is 10.8. The molecule has 0 aliphatic heterocycles. The summed E-state index contributed by atoms with van der Waals surface area (Å²) >= 11 is 0. The molecule has 3 nitrogen and oxygen atoms in total. The van der Waals surface area contributed by atoms with Gasteiger partial charge in [-0.15, -0.1) is 0 Å². The minimum absolute atomic E-state index is 0.0297. The van der Waals surface area contributed by atoms with Crippen LogP contribution in [-0.2, 0) is 4.79 Å². The molecule has 1 N–H and O–H groups in total. The average molecular weight is 290 g/mol. The van der Waals surface area contributed by atoms with Gasteiger partial charge < -0.3 is 5.32 Å². The van der Waals surface area contributed by atoms with Gasteiger partial charge in [0.2, 0.25) is 5.91 Å². The van der Waals surface area contributed by atoms with Crippen molar-refractivity contribution in [3.63, 3.8) is 0 Å². The summed E-state index contributed by atoms with van der Waals surface area (Å²) in [7, 11) is 0. The summed E-state index contributed by atoms with van der Waals surface area (Å²) < 4.78 is 0. The number of nitrogens with zero attached hydrogens (tertiary/aromatic N) is 1. The lowest BCUT2D eigenvalue weighted by Crippen LogP contribution is -2.20. The van der Waals surface area contributed by atoms with E-state index in [0.717, 1.165) is 28.4 Å². The van der Waals surface area contributed by atoms with Crippen LogP contribution in [0.1, 0.15) is 24.8 Å². The van der Waals surface area contributed by atoms with Gasteiger partial charge in [-0.2, -0.15) is 0 Å². The van der Waals surface area contributed by atoms with Crippen molar-refractivity contribution < 1.29 is 4.79 Å². The number of rotatable bonds is 4. The molecule has 0 aliphatic rings. The fourth-order valence-electron chi connectivity index (χ4n) is 2.65. The van der Waals surface area contributed by atoms with Crippen molar-refractivity contribution in [2.24, 2.45) is 0 Å². The number of hydrogen-bond donors (Lipinski definition) is 1. The molecule has 1 aromatic heterocycles. The maximum absolute atomic E-state index is 12.6. The summed E-state index contributed by atoms with van der Waals surface area (Å²) in [4.78, 5) is 16.7. The van der Waals surface area contributed by atoms with Gasteiger partial charge in [-0.1, -0.05) is 43.3 Å². The van der Waals surface area contributed by atoms with Crippen LogP contribution in [0.25, 0.3) is 10.8 Å². The lowest BCUT2D eigenvalue weighted by molar-refractivity contribution is -0.117. The number of nitrogens with one attached hydrogen (secondary N) is 1. The maximum atomic E-state index is 12.6. The average Bonchev–Trinajstić information content (AvgIpc) is 2.56. The zero-order chi connectivity index (χ0) is 15.4. The number of carbonyl (C=O) groups excluding carboxylic acids is 1. The van der Waals surface area contributed by atoms with E-state index in [1.807, 2.05) is 67.7 Å². The third-order valence-electron chi connectivity index (χ3n) is 3.83. The molecule has 3 heteroatoms. The third-order valence-corrected chi connectivity index (χ3v) is 3.83. The molecule has 110 valence electrons. The van der Waals surface area contributed by atoms with Crippen molar-refractivity contribution >= 4 is 22.4 Å². The lowest BCUT2D eigenvalue weighted by atomic mass is 9.95. The number of amides is 1. The summed E-state index contributed by atoms with van der Waals surface area (Å²) in [5.41, 5.74) is 1.87. The van der Waals surface area contributed by atoms with Crippen molar-refractivity contribution in [1.82, 2.24) is 4.98 Å². The number of fused-ring (bicyclic) bond motifs is 1. The molecule has 0 bridgehead atoms. The Labute approximate surface area is 130 Å². The van der Waals surface area contributed by atoms with Gasteiger partial charge in [0, 0.05) is 23.5 Å². The SMILES string of the molecule is CCC(C(=O)Nc1ccc2cnccc2c1)c1ccccc1. The van der Waals surface area contributed by atoms with Crippen molar-refractivity contribution in [3.05, 3.63) is 72.6 Å². The molecule has 1 amide bonds. The van der Waals surface area contributed by atoms with Crippen LogP contribution < -0.4 is 5.32 Å². The number of carbonyl (C=O) groups is 1. The van der Waals surface area contributed by atoms with Crippen LogP contribution in [0, 0.1) is 0 Å². The Morgan fingerprint density at radius 3 is 2.68 bits per heavy atom. The van der Waals surface area contributed by atoms with Crippen LogP contribution in [0.4, 0.5) is 5.69 Å². The highest BCUT2D eigenvalue weighted by molar-refractivity contribution is 5.97. The third kappa shape index (κ3) is 2.98. The Balaban J connectivity index is 1.82. The molecule has 3 aromatic rings. The Hall–Kier alpha value is -2.68. The first-order valence-corrected chi connectivity index (χ1v) is 7.47. The van der Waals surface area contributed by atoms with Crippen LogP contribution >= 0.6 is 0 Å². The van der Waals surface area contributed by atoms with Gasteiger partial charge in [-0.05, 0) is 35.6 Å². The molecular weight excluding hydrogens is 272 g/mol. The first-order valence-electron chi connectivity index (χ1n) is 7.47. The zero-order valence-electron chi connectivity index (χ0n) is 12.5. The Morgan fingerprint density at radius 1 is 1.09 bits per heavy atom. The summed E-state index contributed by atoms with van der Waals surface area (Å²) in [5, 5.41) is 5.16. The summed E-state index contributed by atoms with van der Waals surface area (Å²) in [6.45, 7) is 2.03. The number of aromatic nitrogens is 1. The Morgan fingerprint density at radius 2 is 1.91 bits per heavy atom. The van der Waals surface area contributed by atoms with E-state index < -0.39 is 0 Å². The van der Waals surface area contributed by atoms with Gasteiger partial charge in [-0.3, -0.25) is 9.78 Å². The monoisotopic (exact) mass is 290 g/mol. The predicted octanol–water partition coefficient (Wildman–Crippen LogP) is 4.37. The van der Waals surface area contributed by atoms with Crippen LogP contribution in [0.5, 0.6) is 0 Å². The molecule has 0 saturated carbocycles. The molecule has 1 atom stereocenters. The quantitative estimate of drug-likeness (QED) is 0.775. The van der Waals surface area contributed by atoms with Crippen molar-refractivity contribution in [3.8, 4) is 0 Å². The van der Waals surface area contributed by atoms with E-state index in [4.69, 9.17) is 0 Å². The van der Waals surface area contributed by atoms with Crippen molar-refractivity contribution in [1.29, 1.82) is 0 Å². The Bertz CT molecular complexity index is 784. The molecule has 3 rings (SSSR count). The van der Waals surface area contributed by atoms with Gasteiger partial charge in [-0.25, -0.2) is 0 Å². The molecule has 0 radical (unpaired) electrons. The number of benzene rings is 2. The summed E-state index contributed by atoms with van der Waals surface area (Å²) in [5.74, 6) is -0.101. The van der Waals surface area contributed by atoms with Crippen LogP contribution in [0.2, 0.25) is 0 Å². The summed E-state index contributed by atoms with van der Waals surface area (Å²) in [6.07, 6.45) is 4.35. The van der Waals surface area contributed by atoms with E-state index in [2.05, 4.69) is 10.3 Å². The molecule has 22 heavy (non-hydrogen) atoms. The van der Waals surface area contributed by atoms with Gasteiger partial charge in [0.05, 0.1) is 5.92 Å². The minimum Gasteiger partial charge on any atom is -0.326 e. The van der Waals surface area contributed by atoms with Crippen LogP contribution in [0.3, 0.4) is 0 Å². The molecule has 0 fully saturated rings. The first kappa shape index (κ1) is 14.3. The molecule has 1 heterocycles. The highest BCUT2D eigenvalue weighted by atomic mass is 16.1. The number of anilines is 1. The highest BCUT2D eigenvalue weighted by Crippen LogP contribution is 2.23. The fourth-order valence-corrected chi connectivity index (χ4v) is 2.65. The normalized spacial score (nSPS) is 12.0. The van der Waals surface area contributed by atoms with Gasteiger partial charge in [0.1, 0.15) is 0 Å². The van der Waals surface area contributed by atoms with E-state index in [1.54, 1.807) is 6.20 Å². The molecular formula is C19H18N2O. The topological polar surface area (TPSA) is 42.0 Å². The second-order valence-electron chi connectivity index (χ2n) is 5.30. The molecule has 0 spiro atoms. The second kappa shape index (κ2) is 6.39. The zero-order valence-corrected chi connectivity index (χ0v) is 12.5. The van der Waals surface area contributed by atoms with Gasteiger partial charge >= 0.3 is 0 Å². The van der Waals surface area contributed by atoms with E-state index in [1.165, 1.54) is 0 Å². The minimum atomic E-state index is -0.130. The van der Waals surface area contributed by atoms with Crippen molar-refractivity contribution in [2.45, 2.75) is 19.3 Å². The maximum Gasteiger partial charge on any atom is 0.231 e. The van der Waals surface area contributed by atoms with Gasteiger partial charge in [0.15, 0.2) is 0 Å².